The Balaban J connectivity index is 1.84. The summed E-state index contributed by atoms with van der Waals surface area (Å²) in [6.07, 6.45) is 17.7. The van der Waals surface area contributed by atoms with Crippen LogP contribution in [0.3, 0.4) is 0 Å². The van der Waals surface area contributed by atoms with Crippen molar-refractivity contribution in [1.29, 1.82) is 0 Å². The highest BCUT2D eigenvalue weighted by Gasteiger charge is 2.15. The van der Waals surface area contributed by atoms with Gasteiger partial charge in [0, 0.05) is 6.42 Å². The molecule has 0 spiro atoms. The lowest BCUT2D eigenvalue weighted by molar-refractivity contribution is 0.0783. The Morgan fingerprint density at radius 3 is 2.47 bits per heavy atom. The Labute approximate surface area is 93.9 Å². The number of hydrogen-bond donors (Lipinski definition) is 0. The highest BCUT2D eigenvalue weighted by molar-refractivity contribution is 4.97. The summed E-state index contributed by atoms with van der Waals surface area (Å²) in [5, 5.41) is 0. The third-order valence-corrected chi connectivity index (χ3v) is 3.63. The van der Waals surface area contributed by atoms with E-state index in [4.69, 9.17) is 4.74 Å². The van der Waals surface area contributed by atoms with E-state index in [9.17, 15) is 0 Å². The Bertz CT molecular complexity index is 207. The van der Waals surface area contributed by atoms with Gasteiger partial charge in [0.05, 0.1) is 11.9 Å². The van der Waals surface area contributed by atoms with Crippen LogP contribution in [0.15, 0.2) is 11.8 Å². The molecule has 0 aromatic rings. The lowest BCUT2D eigenvalue weighted by Gasteiger charge is -2.25. The molecule has 15 heavy (non-hydrogen) atoms. The van der Waals surface area contributed by atoms with Crippen LogP contribution in [0.2, 0.25) is 0 Å². The second-order valence-electron chi connectivity index (χ2n) is 5.00. The fourth-order valence-electron chi connectivity index (χ4n) is 2.67. The van der Waals surface area contributed by atoms with Crippen LogP contribution in [0.1, 0.15) is 70.6 Å². The molecular formula is C14H24O. The van der Waals surface area contributed by atoms with E-state index < -0.39 is 0 Å². The van der Waals surface area contributed by atoms with Crippen LogP contribution in [0.4, 0.5) is 0 Å². The standard InChI is InChI=1S/C14H24O/c1-2-4-6-9-13-11-8-12-14(15-13)10-7-5-3-1/h11,14H,1-10,12H2. The van der Waals surface area contributed by atoms with E-state index in [1.807, 2.05) is 0 Å². The quantitative estimate of drug-likeness (QED) is 0.566. The molecule has 0 amide bonds. The van der Waals surface area contributed by atoms with Crippen LogP contribution in [-0.4, -0.2) is 6.10 Å². The minimum atomic E-state index is 0.546. The van der Waals surface area contributed by atoms with Gasteiger partial charge in [-0.3, -0.25) is 0 Å². The van der Waals surface area contributed by atoms with Crippen molar-refractivity contribution in [3.05, 3.63) is 11.8 Å². The first-order chi connectivity index (χ1) is 7.45. The third-order valence-electron chi connectivity index (χ3n) is 3.63. The SMILES string of the molecule is C1=C2CCCCCCCCCC(CC1)O2. The lowest BCUT2D eigenvalue weighted by Crippen LogP contribution is -2.16. The monoisotopic (exact) mass is 208 g/mol. The van der Waals surface area contributed by atoms with E-state index >= 15 is 0 Å². The minimum Gasteiger partial charge on any atom is -0.495 e. The first-order valence-corrected chi connectivity index (χ1v) is 6.81. The average Bonchev–Trinajstić information content (AvgIpc) is 2.26. The van der Waals surface area contributed by atoms with E-state index in [0.29, 0.717) is 6.10 Å². The smallest absolute Gasteiger partial charge is 0.0985 e. The van der Waals surface area contributed by atoms with E-state index in [-0.39, 0.29) is 0 Å². The molecule has 0 N–H and O–H groups in total. The minimum absolute atomic E-state index is 0.546. The Morgan fingerprint density at radius 2 is 1.60 bits per heavy atom. The summed E-state index contributed by atoms with van der Waals surface area (Å²) < 4.78 is 6.02. The van der Waals surface area contributed by atoms with Crippen molar-refractivity contribution >= 4 is 0 Å². The number of allylic oxidation sites excluding steroid dienone is 2. The molecule has 1 atom stereocenters. The summed E-state index contributed by atoms with van der Waals surface area (Å²) >= 11 is 0. The molecule has 1 fully saturated rings. The maximum Gasteiger partial charge on any atom is 0.0985 e. The molecule has 1 saturated heterocycles. The molecule has 2 heterocycles. The zero-order chi connectivity index (χ0) is 10.3. The average molecular weight is 208 g/mol. The van der Waals surface area contributed by atoms with Crippen molar-refractivity contribution in [1.82, 2.24) is 0 Å². The van der Waals surface area contributed by atoms with Crippen molar-refractivity contribution in [2.75, 3.05) is 0 Å². The molecule has 0 radical (unpaired) electrons. The first-order valence-electron chi connectivity index (χ1n) is 6.81. The van der Waals surface area contributed by atoms with Gasteiger partial charge in [-0.2, -0.15) is 0 Å². The normalized spacial score (nSPS) is 29.3. The molecule has 86 valence electrons. The summed E-state index contributed by atoms with van der Waals surface area (Å²) in [6.45, 7) is 0. The van der Waals surface area contributed by atoms with Crippen LogP contribution in [0, 0.1) is 0 Å². The van der Waals surface area contributed by atoms with Crippen molar-refractivity contribution in [3.8, 4) is 0 Å². The van der Waals surface area contributed by atoms with E-state index in [1.54, 1.807) is 0 Å². The third kappa shape index (κ3) is 3.89. The van der Waals surface area contributed by atoms with Gasteiger partial charge in [-0.15, -0.1) is 0 Å². The predicted octanol–water partition coefficient (Wildman–Crippen LogP) is 4.57. The molecule has 2 bridgehead atoms. The van der Waals surface area contributed by atoms with Crippen molar-refractivity contribution in [3.63, 3.8) is 0 Å². The predicted molar refractivity (Wildman–Crippen MR) is 63.7 cm³/mol. The van der Waals surface area contributed by atoms with Crippen molar-refractivity contribution in [2.24, 2.45) is 0 Å². The highest BCUT2D eigenvalue weighted by Crippen LogP contribution is 2.25. The summed E-state index contributed by atoms with van der Waals surface area (Å²) in [7, 11) is 0. The number of hydrogen-bond acceptors (Lipinski definition) is 1. The van der Waals surface area contributed by atoms with Crippen LogP contribution in [0.25, 0.3) is 0 Å². The summed E-state index contributed by atoms with van der Waals surface area (Å²) in [5.41, 5.74) is 0. The second-order valence-corrected chi connectivity index (χ2v) is 5.00. The van der Waals surface area contributed by atoms with Crippen LogP contribution in [0.5, 0.6) is 0 Å². The maximum absolute atomic E-state index is 6.02. The lowest BCUT2D eigenvalue weighted by atomic mass is 9.99. The van der Waals surface area contributed by atoms with Crippen molar-refractivity contribution < 1.29 is 4.74 Å². The number of ether oxygens (including phenoxy) is 1. The van der Waals surface area contributed by atoms with E-state index in [1.165, 1.54) is 76.4 Å². The number of fused-ring (bicyclic) bond motifs is 2. The molecule has 0 saturated carbocycles. The Hall–Kier alpha value is -0.460. The summed E-state index contributed by atoms with van der Waals surface area (Å²) in [5.74, 6) is 1.30. The molecule has 2 aliphatic rings. The van der Waals surface area contributed by atoms with Crippen LogP contribution >= 0.6 is 0 Å². The van der Waals surface area contributed by atoms with Gasteiger partial charge in [0.25, 0.3) is 0 Å². The largest absolute Gasteiger partial charge is 0.495 e. The highest BCUT2D eigenvalue weighted by atomic mass is 16.5. The van der Waals surface area contributed by atoms with E-state index in [2.05, 4.69) is 6.08 Å². The van der Waals surface area contributed by atoms with Gasteiger partial charge in [0.1, 0.15) is 0 Å². The number of rotatable bonds is 0. The van der Waals surface area contributed by atoms with Gasteiger partial charge in [0.2, 0.25) is 0 Å². The molecule has 0 aromatic heterocycles. The molecular weight excluding hydrogens is 184 g/mol. The van der Waals surface area contributed by atoms with Gasteiger partial charge in [-0.25, -0.2) is 0 Å². The summed E-state index contributed by atoms with van der Waals surface area (Å²) in [6, 6.07) is 0. The second kappa shape index (κ2) is 6.19. The Kier molecular flexibility index (Phi) is 4.56. The molecule has 2 rings (SSSR count). The first kappa shape index (κ1) is 11.0. The molecule has 1 heteroatoms. The van der Waals surface area contributed by atoms with Gasteiger partial charge in [-0.05, 0) is 38.2 Å². The maximum atomic E-state index is 6.02. The molecule has 1 unspecified atom stereocenters. The van der Waals surface area contributed by atoms with Gasteiger partial charge < -0.3 is 4.74 Å². The topological polar surface area (TPSA) is 9.23 Å². The van der Waals surface area contributed by atoms with Gasteiger partial charge >= 0.3 is 0 Å². The molecule has 0 aromatic carbocycles. The van der Waals surface area contributed by atoms with Crippen molar-refractivity contribution in [2.45, 2.75) is 76.7 Å². The fourth-order valence-corrected chi connectivity index (χ4v) is 2.67. The van der Waals surface area contributed by atoms with Gasteiger partial charge in [0.15, 0.2) is 0 Å². The van der Waals surface area contributed by atoms with Gasteiger partial charge in [-0.1, -0.05) is 32.1 Å². The van der Waals surface area contributed by atoms with Crippen LogP contribution in [-0.2, 0) is 4.74 Å². The van der Waals surface area contributed by atoms with Crippen LogP contribution < -0.4 is 0 Å². The zero-order valence-electron chi connectivity index (χ0n) is 9.84. The fraction of sp³-hybridized carbons (Fsp3) is 0.857. The molecule has 0 aliphatic carbocycles. The molecule has 2 aliphatic heterocycles. The van der Waals surface area contributed by atoms with E-state index in [0.717, 1.165) is 0 Å². The zero-order valence-corrected chi connectivity index (χ0v) is 9.84. The Morgan fingerprint density at radius 1 is 0.867 bits per heavy atom. The molecule has 1 nitrogen and oxygen atoms in total. The summed E-state index contributed by atoms with van der Waals surface area (Å²) in [4.78, 5) is 0.